The van der Waals surface area contributed by atoms with Crippen molar-refractivity contribution in [1.29, 1.82) is 0 Å². The summed E-state index contributed by atoms with van der Waals surface area (Å²) in [6, 6.07) is 12.3. The standard InChI is InChI=1S/C26H23NO7/c1-14-10-17-11-16(6-8-20(17)34-14)24(29)22-23(15-5-7-19(28)21(12-15)32-2)27(26(31)25(22)30)13-18-4-3-9-33-18/h3-9,11-12,14,23,28-29H,10,13H2,1-2H3/b24-22-. The van der Waals surface area contributed by atoms with Gasteiger partial charge in [-0.2, -0.15) is 0 Å². The van der Waals surface area contributed by atoms with E-state index in [0.29, 0.717) is 23.3 Å². The number of amides is 1. The van der Waals surface area contributed by atoms with Crippen molar-refractivity contribution in [3.8, 4) is 17.2 Å². The van der Waals surface area contributed by atoms with Crippen LogP contribution in [-0.2, 0) is 22.6 Å². The van der Waals surface area contributed by atoms with Crippen molar-refractivity contribution >= 4 is 17.4 Å². The third kappa shape index (κ3) is 3.57. The number of carbonyl (C=O) groups excluding carboxylic acids is 2. The lowest BCUT2D eigenvalue weighted by atomic mass is 9.94. The van der Waals surface area contributed by atoms with Crippen LogP contribution in [-0.4, -0.2) is 40.0 Å². The van der Waals surface area contributed by atoms with Gasteiger partial charge < -0.3 is 29.0 Å². The predicted octanol–water partition coefficient (Wildman–Crippen LogP) is 3.94. The van der Waals surface area contributed by atoms with E-state index in [1.54, 1.807) is 42.5 Å². The lowest BCUT2D eigenvalue weighted by Crippen LogP contribution is -2.29. The molecule has 8 heteroatoms. The maximum atomic E-state index is 13.2. The molecule has 2 aliphatic heterocycles. The van der Waals surface area contributed by atoms with Gasteiger partial charge in [-0.05, 0) is 60.5 Å². The second kappa shape index (κ2) is 8.30. The van der Waals surface area contributed by atoms with Crippen LogP contribution in [0.4, 0.5) is 0 Å². The van der Waals surface area contributed by atoms with Crippen LogP contribution < -0.4 is 9.47 Å². The fourth-order valence-electron chi connectivity index (χ4n) is 4.55. The molecule has 5 rings (SSSR count). The topological polar surface area (TPSA) is 109 Å². The molecule has 1 aromatic heterocycles. The Balaban J connectivity index is 1.65. The van der Waals surface area contributed by atoms with E-state index < -0.39 is 17.7 Å². The number of likely N-dealkylation sites (tertiary alicyclic amines) is 1. The highest BCUT2D eigenvalue weighted by molar-refractivity contribution is 6.46. The minimum atomic E-state index is -0.914. The molecule has 2 aliphatic rings. The lowest BCUT2D eigenvalue weighted by molar-refractivity contribution is -0.140. The Morgan fingerprint density at radius 3 is 2.74 bits per heavy atom. The number of aliphatic hydroxyl groups excluding tert-OH is 1. The second-order valence-corrected chi connectivity index (χ2v) is 8.39. The fraction of sp³-hybridized carbons (Fsp3) is 0.231. The van der Waals surface area contributed by atoms with Gasteiger partial charge >= 0.3 is 0 Å². The molecular weight excluding hydrogens is 438 g/mol. The van der Waals surface area contributed by atoms with Crippen molar-refractivity contribution in [2.45, 2.75) is 32.0 Å². The molecule has 0 spiro atoms. The Labute approximate surface area is 195 Å². The Kier molecular flexibility index (Phi) is 5.28. The van der Waals surface area contributed by atoms with Gasteiger partial charge in [-0.1, -0.05) is 6.07 Å². The SMILES string of the molecule is COc1cc(C2/C(=C(/O)c3ccc4c(c3)CC(C)O4)C(=O)C(=O)N2Cc2ccco2)ccc1O. The number of furan rings is 1. The van der Waals surface area contributed by atoms with Crippen molar-refractivity contribution in [1.82, 2.24) is 4.90 Å². The number of aliphatic hydroxyl groups is 1. The minimum absolute atomic E-state index is 0.0238. The summed E-state index contributed by atoms with van der Waals surface area (Å²) in [7, 11) is 1.41. The van der Waals surface area contributed by atoms with Gasteiger partial charge in [0.1, 0.15) is 23.4 Å². The molecule has 0 bridgehead atoms. The Bertz CT molecular complexity index is 1310. The van der Waals surface area contributed by atoms with Crippen LogP contribution >= 0.6 is 0 Å². The number of Topliss-reactive ketones (excluding diaryl/α,β-unsaturated/α-hetero) is 1. The van der Waals surface area contributed by atoms with Crippen molar-refractivity contribution in [2.75, 3.05) is 7.11 Å². The summed E-state index contributed by atoms with van der Waals surface area (Å²) in [6.07, 6.45) is 2.19. The summed E-state index contributed by atoms with van der Waals surface area (Å²) in [5.41, 5.74) is 1.80. The van der Waals surface area contributed by atoms with E-state index in [-0.39, 0.29) is 35.5 Å². The van der Waals surface area contributed by atoms with Crippen LogP contribution in [0.25, 0.3) is 5.76 Å². The highest BCUT2D eigenvalue weighted by Crippen LogP contribution is 2.43. The number of aromatic hydroxyl groups is 1. The number of phenols is 1. The number of fused-ring (bicyclic) bond motifs is 1. The van der Waals surface area contributed by atoms with Crippen molar-refractivity contribution in [3.63, 3.8) is 0 Å². The molecule has 3 heterocycles. The first kappa shape index (κ1) is 21.6. The molecule has 2 N–H and O–H groups in total. The monoisotopic (exact) mass is 461 g/mol. The fourth-order valence-corrected chi connectivity index (χ4v) is 4.55. The Morgan fingerprint density at radius 2 is 2.00 bits per heavy atom. The van der Waals surface area contributed by atoms with E-state index in [1.165, 1.54) is 24.3 Å². The first-order chi connectivity index (χ1) is 16.4. The van der Waals surface area contributed by atoms with E-state index >= 15 is 0 Å². The molecule has 2 unspecified atom stereocenters. The summed E-state index contributed by atoms with van der Waals surface area (Å²) in [5, 5.41) is 21.4. The number of methoxy groups -OCH3 is 1. The van der Waals surface area contributed by atoms with Gasteiger partial charge in [-0.15, -0.1) is 0 Å². The molecular formula is C26H23NO7. The maximum absolute atomic E-state index is 13.2. The van der Waals surface area contributed by atoms with Crippen LogP contribution in [0.2, 0.25) is 0 Å². The van der Waals surface area contributed by atoms with E-state index in [0.717, 1.165) is 11.3 Å². The quantitative estimate of drug-likeness (QED) is 0.336. The molecule has 3 aromatic rings. The number of hydrogen-bond acceptors (Lipinski definition) is 7. The second-order valence-electron chi connectivity index (χ2n) is 8.39. The van der Waals surface area contributed by atoms with Crippen LogP contribution in [0.5, 0.6) is 17.2 Å². The number of hydrogen-bond donors (Lipinski definition) is 2. The molecule has 1 fully saturated rings. The molecule has 174 valence electrons. The van der Waals surface area contributed by atoms with Crippen molar-refractivity contribution in [3.05, 3.63) is 82.8 Å². The molecule has 8 nitrogen and oxygen atoms in total. The number of phenolic OH excluding ortho intramolecular Hbond substituents is 1. The molecule has 0 radical (unpaired) electrons. The molecule has 1 saturated heterocycles. The predicted molar refractivity (Wildman–Crippen MR) is 121 cm³/mol. The number of ether oxygens (including phenoxy) is 2. The van der Waals surface area contributed by atoms with E-state index in [4.69, 9.17) is 13.9 Å². The average molecular weight is 461 g/mol. The molecule has 2 aromatic carbocycles. The summed E-state index contributed by atoms with van der Waals surface area (Å²) >= 11 is 0. The first-order valence-electron chi connectivity index (χ1n) is 10.8. The largest absolute Gasteiger partial charge is 0.507 e. The van der Waals surface area contributed by atoms with Crippen LogP contribution in [0.15, 0.2) is 64.8 Å². The smallest absolute Gasteiger partial charge is 0.296 e. The molecule has 0 aliphatic carbocycles. The highest BCUT2D eigenvalue weighted by Gasteiger charge is 2.46. The van der Waals surface area contributed by atoms with Crippen LogP contribution in [0, 0.1) is 0 Å². The third-order valence-corrected chi connectivity index (χ3v) is 6.14. The average Bonchev–Trinajstić information content (AvgIpc) is 3.53. The van der Waals surface area contributed by atoms with Crippen molar-refractivity contribution in [2.24, 2.45) is 0 Å². The van der Waals surface area contributed by atoms with E-state index in [1.807, 2.05) is 6.92 Å². The van der Waals surface area contributed by atoms with Gasteiger partial charge in [0.15, 0.2) is 11.5 Å². The van der Waals surface area contributed by atoms with Gasteiger partial charge in [0, 0.05) is 12.0 Å². The summed E-state index contributed by atoms with van der Waals surface area (Å²) in [5.74, 6) is -0.505. The minimum Gasteiger partial charge on any atom is -0.507 e. The highest BCUT2D eigenvalue weighted by atomic mass is 16.5. The molecule has 2 atom stereocenters. The zero-order valence-electron chi connectivity index (χ0n) is 18.6. The zero-order valence-corrected chi connectivity index (χ0v) is 18.6. The van der Waals surface area contributed by atoms with Crippen LogP contribution in [0.1, 0.15) is 35.4 Å². The van der Waals surface area contributed by atoms with Gasteiger partial charge in [0.2, 0.25) is 0 Å². The number of ketones is 1. The number of benzene rings is 2. The normalized spacial score (nSPS) is 20.9. The van der Waals surface area contributed by atoms with Crippen LogP contribution in [0.3, 0.4) is 0 Å². The van der Waals surface area contributed by atoms with Gasteiger partial charge in [-0.25, -0.2) is 0 Å². The number of rotatable bonds is 5. The van der Waals surface area contributed by atoms with Gasteiger partial charge in [-0.3, -0.25) is 9.59 Å². The first-order valence-corrected chi connectivity index (χ1v) is 10.8. The zero-order chi connectivity index (χ0) is 24.0. The van der Waals surface area contributed by atoms with E-state index in [9.17, 15) is 19.8 Å². The summed E-state index contributed by atoms with van der Waals surface area (Å²) in [4.78, 5) is 27.7. The number of carbonyl (C=O) groups is 2. The maximum Gasteiger partial charge on any atom is 0.296 e. The summed E-state index contributed by atoms with van der Waals surface area (Å²) in [6.45, 7) is 1.98. The summed E-state index contributed by atoms with van der Waals surface area (Å²) < 4.78 is 16.4. The Hall–Kier alpha value is -4.20. The molecule has 34 heavy (non-hydrogen) atoms. The van der Waals surface area contributed by atoms with Gasteiger partial charge in [0.05, 0.1) is 31.5 Å². The third-order valence-electron chi connectivity index (χ3n) is 6.14. The molecule has 1 amide bonds. The lowest BCUT2D eigenvalue weighted by Gasteiger charge is -2.25. The Morgan fingerprint density at radius 1 is 1.18 bits per heavy atom. The molecule has 0 saturated carbocycles. The number of nitrogens with zero attached hydrogens (tertiary/aromatic N) is 1. The van der Waals surface area contributed by atoms with Gasteiger partial charge in [0.25, 0.3) is 11.7 Å². The van der Waals surface area contributed by atoms with E-state index in [2.05, 4.69) is 0 Å². The van der Waals surface area contributed by atoms with Crippen molar-refractivity contribution < 1.29 is 33.7 Å².